The fourth-order valence-electron chi connectivity index (χ4n) is 6.94. The summed E-state index contributed by atoms with van der Waals surface area (Å²) in [6.07, 6.45) is 4.56. The summed E-state index contributed by atoms with van der Waals surface area (Å²) in [7, 11) is 0. The van der Waals surface area contributed by atoms with Crippen LogP contribution in [0.4, 0.5) is 0 Å². The molecule has 1 aliphatic carbocycles. The summed E-state index contributed by atoms with van der Waals surface area (Å²) in [6, 6.07) is 0. The second-order valence-corrected chi connectivity index (χ2v) is 46.8. The van der Waals surface area contributed by atoms with Crippen LogP contribution in [0.3, 0.4) is 0 Å². The molecule has 0 aromatic carbocycles. The zero-order chi connectivity index (χ0) is 16.2. The van der Waals surface area contributed by atoms with Crippen molar-refractivity contribution >= 4 is 39.8 Å². The Morgan fingerprint density at radius 3 is 1.40 bits per heavy atom. The molecule has 0 bridgehead atoms. The van der Waals surface area contributed by atoms with Crippen LogP contribution in [-0.2, 0) is 0 Å². The van der Waals surface area contributed by atoms with Crippen molar-refractivity contribution in [3.63, 3.8) is 0 Å². The first-order valence-corrected chi connectivity index (χ1v) is 30.7. The maximum atomic E-state index is 2.77. The summed E-state index contributed by atoms with van der Waals surface area (Å²) in [5.41, 5.74) is 0. The fraction of sp³-hybridized carbons (Fsp3) is 1.00. The molecule has 0 heterocycles. The average Bonchev–Trinajstić information content (AvgIpc) is 2.10. The first-order valence-electron chi connectivity index (χ1n) is 8.63. The van der Waals surface area contributed by atoms with Crippen LogP contribution in [0.25, 0.3) is 0 Å². The van der Waals surface area contributed by atoms with Gasteiger partial charge in [-0.2, -0.15) is 0 Å². The molecule has 2 unspecified atom stereocenters. The molecule has 20 heavy (non-hydrogen) atoms. The molecule has 3 heteroatoms. The van der Waals surface area contributed by atoms with E-state index in [4.69, 9.17) is 0 Å². The van der Waals surface area contributed by atoms with Gasteiger partial charge in [-0.3, -0.25) is 0 Å². The maximum absolute atomic E-state index is 2.77. The van der Waals surface area contributed by atoms with Crippen molar-refractivity contribution in [3.8, 4) is 0 Å². The van der Waals surface area contributed by atoms with Gasteiger partial charge in [0, 0.05) is 0 Å². The van der Waals surface area contributed by atoms with E-state index in [-0.39, 0.29) is 0 Å². The Labute approximate surface area is 137 Å². The van der Waals surface area contributed by atoms with Crippen molar-refractivity contribution < 1.29 is 0 Å². The van der Waals surface area contributed by atoms with E-state index in [1.54, 1.807) is 6.42 Å². The van der Waals surface area contributed by atoms with Crippen LogP contribution in [-0.4, -0.2) is 39.8 Å². The Morgan fingerprint density at radius 2 is 1.15 bits per heavy atom. The van der Waals surface area contributed by atoms with Gasteiger partial charge in [-0.25, -0.2) is 0 Å². The first-order chi connectivity index (χ1) is 8.63. The molecule has 0 spiro atoms. The molecule has 0 aromatic heterocycles. The number of hydrogen-bond acceptors (Lipinski definition) is 0. The van der Waals surface area contributed by atoms with Crippen molar-refractivity contribution in [2.45, 2.75) is 92.2 Å². The SMILES string of the molecule is CC1CCC[C](C)([Ge]([CH3])([CH3])[CH3])[C]1([Ge]([CH3])([CH3])[CH3])[Ge]([CH3])([CH3])[CH3]. The van der Waals surface area contributed by atoms with Gasteiger partial charge in [-0.1, -0.05) is 0 Å². The predicted octanol–water partition coefficient (Wildman–Crippen LogP) is 6.86. The van der Waals surface area contributed by atoms with E-state index in [0.29, 0.717) is 0 Å². The summed E-state index contributed by atoms with van der Waals surface area (Å²) in [5, 5.41) is 0. The molecule has 0 radical (unpaired) electrons. The number of hydrogen-bond donors (Lipinski definition) is 0. The molecule has 2 atom stereocenters. The van der Waals surface area contributed by atoms with Gasteiger partial charge in [0.15, 0.2) is 0 Å². The minimum atomic E-state index is -1.80. The first kappa shape index (κ1) is 19.7. The van der Waals surface area contributed by atoms with Gasteiger partial charge in [0.1, 0.15) is 0 Å². The minimum absolute atomic E-state index is 0.723. The molecular weight excluding hydrogens is 422 g/mol. The van der Waals surface area contributed by atoms with E-state index >= 15 is 0 Å². The molecule has 1 fully saturated rings. The third-order valence-electron chi connectivity index (χ3n) is 6.94. The standard InChI is InChI=1S/C17H40Ge3/c1-15-13-12-14-16(2,18(3,4)5)17(15,19(6,7)8)20(9,10)11/h15H,12-14H2,1-11H3. The molecule has 1 rings (SSSR count). The van der Waals surface area contributed by atoms with Crippen LogP contribution < -0.4 is 0 Å². The van der Waals surface area contributed by atoms with E-state index < -0.39 is 39.8 Å². The van der Waals surface area contributed by atoms with Gasteiger partial charge in [0.05, 0.1) is 0 Å². The van der Waals surface area contributed by atoms with Gasteiger partial charge in [0.2, 0.25) is 0 Å². The van der Waals surface area contributed by atoms with Crippen LogP contribution >= 0.6 is 0 Å². The molecule has 0 aliphatic heterocycles. The third-order valence-corrected chi connectivity index (χ3v) is 48.1. The van der Waals surface area contributed by atoms with Crippen molar-refractivity contribution in [2.75, 3.05) is 0 Å². The van der Waals surface area contributed by atoms with E-state index in [2.05, 4.69) is 65.7 Å². The van der Waals surface area contributed by atoms with Crippen LogP contribution in [0, 0.1) is 5.92 Å². The van der Waals surface area contributed by atoms with Gasteiger partial charge >= 0.3 is 138 Å². The summed E-state index contributed by atoms with van der Waals surface area (Å²) in [4.78, 5) is 0. The van der Waals surface area contributed by atoms with Crippen molar-refractivity contribution in [1.82, 2.24) is 0 Å². The van der Waals surface area contributed by atoms with E-state index in [0.717, 1.165) is 13.2 Å². The van der Waals surface area contributed by atoms with E-state index in [1.165, 1.54) is 12.8 Å². The summed E-state index contributed by atoms with van der Waals surface area (Å²) >= 11 is -5.35. The van der Waals surface area contributed by atoms with Crippen LogP contribution in [0.2, 0.25) is 59.1 Å². The van der Waals surface area contributed by atoms with Gasteiger partial charge < -0.3 is 0 Å². The molecule has 0 amide bonds. The zero-order valence-electron chi connectivity index (χ0n) is 16.2. The van der Waals surface area contributed by atoms with Gasteiger partial charge in [0.25, 0.3) is 0 Å². The van der Waals surface area contributed by atoms with Gasteiger partial charge in [-0.05, 0) is 0 Å². The second kappa shape index (κ2) is 5.61. The molecule has 0 N–H and O–H groups in total. The van der Waals surface area contributed by atoms with E-state index in [9.17, 15) is 0 Å². The Kier molecular flexibility index (Phi) is 5.52. The van der Waals surface area contributed by atoms with Crippen LogP contribution in [0.1, 0.15) is 33.1 Å². The average molecular weight is 462 g/mol. The monoisotopic (exact) mass is 466 g/mol. The number of rotatable bonds is 3. The van der Waals surface area contributed by atoms with E-state index in [1.807, 2.05) is 0 Å². The molecule has 120 valence electrons. The third kappa shape index (κ3) is 2.66. The molecule has 0 saturated heterocycles. The Bertz CT molecular complexity index is 340. The normalized spacial score (nSPS) is 32.2. The summed E-state index contributed by atoms with van der Waals surface area (Å²) in [5.74, 6) is 25.7. The predicted molar refractivity (Wildman–Crippen MR) is 104 cm³/mol. The van der Waals surface area contributed by atoms with Crippen molar-refractivity contribution in [1.29, 1.82) is 0 Å². The molecule has 1 saturated carbocycles. The summed E-state index contributed by atoms with van der Waals surface area (Å²) in [6.45, 7) is 5.42. The molecule has 0 aromatic rings. The van der Waals surface area contributed by atoms with Crippen LogP contribution in [0.15, 0.2) is 0 Å². The quantitative estimate of drug-likeness (QED) is 0.402. The fourth-order valence-corrected chi connectivity index (χ4v) is 71.8. The van der Waals surface area contributed by atoms with Crippen LogP contribution in [0.5, 0.6) is 0 Å². The summed E-state index contributed by atoms with van der Waals surface area (Å²) < 4.78 is 1.53. The zero-order valence-corrected chi connectivity index (χ0v) is 22.5. The van der Waals surface area contributed by atoms with Gasteiger partial charge in [-0.15, -0.1) is 0 Å². The second-order valence-electron chi connectivity index (χ2n) is 10.7. The van der Waals surface area contributed by atoms with Crippen molar-refractivity contribution in [2.24, 2.45) is 5.92 Å². The molecular formula is C17H40Ge3. The van der Waals surface area contributed by atoms with Crippen molar-refractivity contribution in [3.05, 3.63) is 0 Å². The molecule has 1 aliphatic rings. The molecule has 0 nitrogen and oxygen atoms in total. The Morgan fingerprint density at radius 1 is 0.750 bits per heavy atom. The Balaban J connectivity index is 3.73. The Hall–Kier alpha value is 1.63. The topological polar surface area (TPSA) is 0 Å².